The molecule has 1 aromatic heterocycles. The SMILES string of the molecule is O=C1c2cccc3c2C(=O)[C@]2(CSS[C@@H]4CC5=C[C@@H]6C7(CCCC7)CC[C@]6(C[C@]6(O)[C@H](O)[C@@H](CO)O[C@@H](O3)[C@@H]6O)c3ccnc(c35)N4)C(O)=CC(Cc3cccc(CO)c3)=C[C@H]12. The van der Waals surface area contributed by atoms with Crippen LogP contribution in [0.5, 0.6) is 5.75 Å². The van der Waals surface area contributed by atoms with E-state index in [1.807, 2.05) is 30.3 Å². The predicted molar refractivity (Wildman–Crippen MR) is 233 cm³/mol. The molecule has 0 amide bonds. The molecule has 3 fully saturated rings. The van der Waals surface area contributed by atoms with Crippen LogP contribution in [0.15, 0.2) is 84.3 Å². The monoisotopic (exact) mass is 878 g/mol. The third-order valence-electron chi connectivity index (χ3n) is 15.7. The number of ketones is 2. The normalized spacial score (nSPS) is 36.4. The number of Topliss-reactive ketones (excluding diaryl/α,β-unsaturated/α-hetero) is 2. The lowest BCUT2D eigenvalue weighted by Gasteiger charge is -2.54. The number of hydrogen-bond acceptors (Lipinski definition) is 14. The maximum atomic E-state index is 15.4. The number of rotatable bonds is 4. The van der Waals surface area contributed by atoms with E-state index < -0.39 is 65.1 Å². The zero-order valence-corrected chi connectivity index (χ0v) is 35.7. The molecule has 13 rings (SSSR count). The molecule has 5 aliphatic heterocycles. The van der Waals surface area contributed by atoms with Gasteiger partial charge in [0.1, 0.15) is 46.7 Å². The number of benzene rings is 2. The maximum Gasteiger partial charge on any atom is 0.229 e. The Morgan fingerprint density at radius 2 is 1.74 bits per heavy atom. The smallest absolute Gasteiger partial charge is 0.229 e. The number of aliphatic hydroxyl groups is 6. The van der Waals surface area contributed by atoms with Crippen molar-refractivity contribution in [2.45, 2.75) is 105 Å². The topological polar surface area (TPSA) is 199 Å². The molecule has 10 atom stereocenters. The Balaban J connectivity index is 1.07. The van der Waals surface area contributed by atoms with Crippen molar-refractivity contribution < 1.29 is 49.7 Å². The van der Waals surface area contributed by atoms with Gasteiger partial charge in [0.15, 0.2) is 11.6 Å². The number of nitrogens with zero attached hydrogens (tertiary/aromatic N) is 1. The van der Waals surface area contributed by atoms with Crippen LogP contribution in [0.3, 0.4) is 0 Å². The van der Waals surface area contributed by atoms with Crippen LogP contribution in [0.25, 0.3) is 5.57 Å². The standard InChI is InChI=1S/C48H50N2O10S2/c51-21-26-6-3-5-25(15-26)16-27-17-31-39(54)29-7-4-8-32-38(29)41(56)47(31,35(53)18-27)24-61-62-36-20-28-19-34-45(10-1-2-11-45)12-13-46(34,30-9-14-49-43(50-36)37(28)30)23-48(58)40(55)33(22-52)60-44(59-32)42(48)57/h3-9,14-15,17-19,31,33-34,36,40,42,44,51-53,55,57-58H,1-2,10-13,16,20-24H2,(H,49,50)/t31-,33-,34-,36-,40-,42+,44-,46+,47+,48+/m1/s1. The molecule has 14 heteroatoms. The summed E-state index contributed by atoms with van der Waals surface area (Å²) in [7, 11) is 2.95. The van der Waals surface area contributed by atoms with E-state index in [2.05, 4.69) is 11.4 Å². The summed E-state index contributed by atoms with van der Waals surface area (Å²) < 4.78 is 12.5. The summed E-state index contributed by atoms with van der Waals surface area (Å²) in [6.45, 7) is -0.831. The fourth-order valence-electron chi connectivity index (χ4n) is 12.8. The molecule has 62 heavy (non-hydrogen) atoms. The number of nitrogens with one attached hydrogen (secondary N) is 1. The van der Waals surface area contributed by atoms with Crippen LogP contribution in [0.4, 0.5) is 5.82 Å². The summed E-state index contributed by atoms with van der Waals surface area (Å²) in [5.74, 6) is -1.65. The quantitative estimate of drug-likeness (QED) is 0.152. The van der Waals surface area contributed by atoms with Crippen LogP contribution >= 0.6 is 21.6 Å². The molecule has 324 valence electrons. The minimum atomic E-state index is -2.26. The zero-order valence-electron chi connectivity index (χ0n) is 34.0. The minimum Gasteiger partial charge on any atom is -0.511 e. The van der Waals surface area contributed by atoms with Gasteiger partial charge in [-0.2, -0.15) is 0 Å². The molecule has 0 unspecified atom stereocenters. The molecule has 7 N–H and O–H groups in total. The van der Waals surface area contributed by atoms with Gasteiger partial charge in [0.05, 0.1) is 30.1 Å². The summed E-state index contributed by atoms with van der Waals surface area (Å²) in [4.78, 5) is 35.1. The molecule has 6 heterocycles. The average Bonchev–Trinajstić information content (AvgIpc) is 3.88. The Bertz CT molecular complexity index is 2480. The van der Waals surface area contributed by atoms with E-state index in [4.69, 9.17) is 14.5 Å². The third-order valence-corrected chi connectivity index (χ3v) is 18.4. The van der Waals surface area contributed by atoms with Gasteiger partial charge < -0.3 is 45.4 Å². The first-order valence-electron chi connectivity index (χ1n) is 21.7. The van der Waals surface area contributed by atoms with Crippen molar-refractivity contribution in [3.8, 4) is 5.75 Å². The van der Waals surface area contributed by atoms with Crippen molar-refractivity contribution in [3.05, 3.63) is 118 Å². The molecular weight excluding hydrogens is 829 g/mol. The summed E-state index contributed by atoms with van der Waals surface area (Å²) in [5, 5.41) is 73.6. The van der Waals surface area contributed by atoms with E-state index in [1.54, 1.807) is 41.3 Å². The maximum absolute atomic E-state index is 15.4. The summed E-state index contributed by atoms with van der Waals surface area (Å²) in [6.07, 6.45) is 7.73. The highest BCUT2D eigenvalue weighted by molar-refractivity contribution is 8.77. The molecule has 12 nitrogen and oxygen atoms in total. The van der Waals surface area contributed by atoms with E-state index in [9.17, 15) is 35.4 Å². The highest BCUT2D eigenvalue weighted by Gasteiger charge is 2.66. The summed E-state index contributed by atoms with van der Waals surface area (Å²) in [6, 6.07) is 14.1. The lowest BCUT2D eigenvalue weighted by molar-refractivity contribution is -0.318. The number of aliphatic hydroxyl groups excluding tert-OH is 5. The summed E-state index contributed by atoms with van der Waals surface area (Å²) in [5.41, 5.74) is 0.637. The Kier molecular flexibility index (Phi) is 9.72. The van der Waals surface area contributed by atoms with Gasteiger partial charge in [-0.1, -0.05) is 83.0 Å². The predicted octanol–water partition coefficient (Wildman–Crippen LogP) is 5.96. The lowest BCUT2D eigenvalue weighted by atomic mass is 9.55. The van der Waals surface area contributed by atoms with Crippen LogP contribution in [0, 0.1) is 22.7 Å². The first-order valence-corrected chi connectivity index (χ1v) is 24.1. The van der Waals surface area contributed by atoms with Crippen LogP contribution < -0.4 is 10.1 Å². The third kappa shape index (κ3) is 5.80. The largest absolute Gasteiger partial charge is 0.511 e. The van der Waals surface area contributed by atoms with Gasteiger partial charge in [-0.25, -0.2) is 4.98 Å². The average molecular weight is 879 g/mol. The highest BCUT2D eigenvalue weighted by Crippen LogP contribution is 2.69. The molecule has 3 spiro atoms. The van der Waals surface area contributed by atoms with E-state index in [0.29, 0.717) is 30.7 Å². The van der Waals surface area contributed by atoms with Crippen LogP contribution in [-0.2, 0) is 23.2 Å². The summed E-state index contributed by atoms with van der Waals surface area (Å²) >= 11 is 0. The second kappa shape index (κ2) is 14.8. The molecule has 3 aromatic rings. The molecule has 1 saturated heterocycles. The molecule has 10 bridgehead atoms. The van der Waals surface area contributed by atoms with E-state index in [-0.39, 0.29) is 58.1 Å². The number of pyridine rings is 1. The Morgan fingerprint density at radius 1 is 0.935 bits per heavy atom. The highest BCUT2D eigenvalue weighted by atomic mass is 33.1. The second-order valence-electron chi connectivity index (χ2n) is 18.8. The first kappa shape index (κ1) is 40.8. The van der Waals surface area contributed by atoms with Crippen LogP contribution in [0.2, 0.25) is 0 Å². The van der Waals surface area contributed by atoms with Crippen molar-refractivity contribution in [2.75, 3.05) is 17.7 Å². The minimum absolute atomic E-state index is 0.0123. The molecular formula is C48H50N2O10S2. The van der Waals surface area contributed by atoms with E-state index in [1.165, 1.54) is 16.9 Å². The Morgan fingerprint density at radius 3 is 2.55 bits per heavy atom. The fraction of sp³-hybridized carbons (Fsp3) is 0.479. The van der Waals surface area contributed by atoms with Gasteiger partial charge in [-0.3, -0.25) is 9.59 Å². The molecule has 2 aromatic carbocycles. The number of carbonyl (C=O) groups is 2. The Hall–Kier alpha value is -3.99. The number of hydrogen-bond donors (Lipinski definition) is 7. The van der Waals surface area contributed by atoms with Crippen LogP contribution in [0.1, 0.15) is 94.3 Å². The van der Waals surface area contributed by atoms with Gasteiger partial charge in [-0.15, -0.1) is 0 Å². The van der Waals surface area contributed by atoms with Gasteiger partial charge >= 0.3 is 0 Å². The number of aromatic nitrogens is 1. The number of carbonyl (C=O) groups excluding carboxylic acids is 2. The van der Waals surface area contributed by atoms with Crippen molar-refractivity contribution in [1.29, 1.82) is 0 Å². The van der Waals surface area contributed by atoms with Gasteiger partial charge in [0, 0.05) is 34.9 Å². The Labute approximate surface area is 366 Å². The van der Waals surface area contributed by atoms with Crippen molar-refractivity contribution in [1.82, 2.24) is 4.98 Å². The first-order chi connectivity index (χ1) is 29.9. The van der Waals surface area contributed by atoms with E-state index >= 15 is 4.79 Å². The zero-order chi connectivity index (χ0) is 42.8. The van der Waals surface area contributed by atoms with Crippen molar-refractivity contribution in [2.24, 2.45) is 22.7 Å². The molecule has 5 aliphatic carbocycles. The number of ether oxygens (including phenoxy) is 2. The van der Waals surface area contributed by atoms with E-state index in [0.717, 1.165) is 59.9 Å². The van der Waals surface area contributed by atoms with Gasteiger partial charge in [0.25, 0.3) is 0 Å². The van der Waals surface area contributed by atoms with Gasteiger partial charge in [0.2, 0.25) is 6.29 Å². The number of anilines is 1. The van der Waals surface area contributed by atoms with Crippen molar-refractivity contribution >= 4 is 44.5 Å². The molecule has 10 aliphatic rings. The lowest BCUT2D eigenvalue weighted by Crippen LogP contribution is -2.70. The van der Waals surface area contributed by atoms with Crippen LogP contribution in [-0.4, -0.2) is 95.1 Å². The molecule has 0 radical (unpaired) electrons. The molecule has 2 saturated carbocycles. The van der Waals surface area contributed by atoms with Gasteiger partial charge in [-0.05, 0) is 95.9 Å². The van der Waals surface area contributed by atoms with Crippen molar-refractivity contribution in [3.63, 3.8) is 0 Å². The second-order valence-corrected chi connectivity index (χ2v) is 21.4. The fourth-order valence-corrected chi connectivity index (χ4v) is 15.7. The number of allylic oxidation sites excluding steroid dienone is 5.